The predicted octanol–water partition coefficient (Wildman–Crippen LogP) is 12.8. The van der Waals surface area contributed by atoms with E-state index in [9.17, 15) is 9.90 Å². The molecule has 1 aliphatic rings. The number of aromatic nitrogens is 2. The van der Waals surface area contributed by atoms with Gasteiger partial charge in [-0.25, -0.2) is 0 Å². The number of thiophene rings is 1. The number of hydrogen-bond donors (Lipinski definition) is 1. The Morgan fingerprint density at radius 2 is 1.55 bits per heavy atom. The minimum atomic E-state index is 0. The third-order valence-corrected chi connectivity index (χ3v) is 11.7. The predicted molar refractivity (Wildman–Crippen MR) is 220 cm³/mol. The molecule has 0 spiro atoms. The largest absolute Gasteiger partial charge is 0.512 e. The SMILES string of the molecule is CC(C)Cc1cc2c(cn1)-c1sc3c(-c4[c-]c5ccccc5c(-c5ccccc5)c4)nccc3c1CC2.CCC(CC)C(=O)/C=C(\O)C(CC)CC.[Ir]. The van der Waals surface area contributed by atoms with Crippen LogP contribution in [0.2, 0.25) is 0 Å². The van der Waals surface area contributed by atoms with Crippen LogP contribution < -0.4 is 0 Å². The van der Waals surface area contributed by atoms with Crippen molar-refractivity contribution in [1.82, 2.24) is 9.97 Å². The van der Waals surface area contributed by atoms with Crippen molar-refractivity contribution < 1.29 is 30.0 Å². The number of aliphatic hydroxyl groups excluding tert-OH is 1. The Labute approximate surface area is 333 Å². The number of ketones is 1. The summed E-state index contributed by atoms with van der Waals surface area (Å²) in [4.78, 5) is 22.8. The molecule has 7 rings (SSSR count). The summed E-state index contributed by atoms with van der Waals surface area (Å²) in [6, 6.07) is 29.7. The minimum Gasteiger partial charge on any atom is -0.512 e. The second-order valence-corrected chi connectivity index (χ2v) is 15.4. The van der Waals surface area contributed by atoms with Gasteiger partial charge in [-0.15, -0.1) is 34.9 Å². The molecule has 0 saturated carbocycles. The molecule has 0 fully saturated rings. The minimum absolute atomic E-state index is 0. The maximum atomic E-state index is 11.7. The van der Waals surface area contributed by atoms with Crippen molar-refractivity contribution in [3.05, 3.63) is 120 Å². The third-order valence-electron chi connectivity index (χ3n) is 10.5. The molecule has 1 radical (unpaired) electrons. The van der Waals surface area contributed by atoms with Crippen LogP contribution in [-0.4, -0.2) is 20.9 Å². The van der Waals surface area contributed by atoms with Crippen molar-refractivity contribution >= 4 is 38.0 Å². The Kier molecular flexibility index (Phi) is 14.0. The summed E-state index contributed by atoms with van der Waals surface area (Å²) in [6.45, 7) is 12.6. The molecular formula is C47H51IrN2O2S-. The summed E-state index contributed by atoms with van der Waals surface area (Å²) in [5, 5.41) is 13.4. The topological polar surface area (TPSA) is 63.1 Å². The average molecular weight is 900 g/mol. The average Bonchev–Trinajstić information content (AvgIpc) is 3.55. The van der Waals surface area contributed by atoms with Crippen LogP contribution >= 0.6 is 11.3 Å². The van der Waals surface area contributed by atoms with Gasteiger partial charge in [-0.3, -0.25) is 14.8 Å². The standard InChI is InChI=1S/C34H27N2S.C13H24O2.Ir/c1-21(2)16-26-18-24-12-13-28-29-14-15-35-32(34(29)37-33(28)31(24)20-36-26)25-17-23-10-6-7-11-27(23)30(19-25)22-8-4-3-5-9-22;1-5-10(6-2)12(14)9-13(15)11(7-3)8-4;/h3-11,14-15,18-21H,12-13,16H2,1-2H3;9-11,14H,5-8H2,1-4H3;/q-1;;/b;12-9-;. The van der Waals surface area contributed by atoms with Crippen LogP contribution in [0.1, 0.15) is 84.0 Å². The summed E-state index contributed by atoms with van der Waals surface area (Å²) in [5.41, 5.74) is 9.88. The molecular weight excluding hydrogens is 849 g/mol. The Balaban J connectivity index is 0.000000290. The van der Waals surface area contributed by atoms with E-state index in [1.807, 2.05) is 45.2 Å². The van der Waals surface area contributed by atoms with Crippen LogP contribution in [0, 0.1) is 23.8 Å². The van der Waals surface area contributed by atoms with E-state index < -0.39 is 0 Å². The molecule has 1 N–H and O–H groups in total. The third kappa shape index (κ3) is 8.89. The molecule has 277 valence electrons. The maximum Gasteiger partial charge on any atom is 0.162 e. The zero-order chi connectivity index (χ0) is 36.8. The van der Waals surface area contributed by atoms with E-state index in [-0.39, 0.29) is 43.5 Å². The Bertz CT molecular complexity index is 2200. The van der Waals surface area contributed by atoms with Gasteiger partial charge in [-0.1, -0.05) is 107 Å². The van der Waals surface area contributed by atoms with Gasteiger partial charge in [-0.05, 0) is 85.1 Å². The number of aliphatic hydroxyl groups is 1. The molecule has 3 aromatic heterocycles. The number of aryl methyl sites for hydroxylation is 2. The van der Waals surface area contributed by atoms with Crippen molar-refractivity contribution in [3.63, 3.8) is 0 Å². The van der Waals surface area contributed by atoms with Gasteiger partial charge < -0.3 is 5.11 Å². The number of carbonyl (C=O) groups is 1. The number of allylic oxidation sites excluding steroid dienone is 2. The number of benzene rings is 3. The Hall–Kier alpha value is -3.96. The van der Waals surface area contributed by atoms with Gasteiger partial charge in [-0.2, -0.15) is 0 Å². The van der Waals surface area contributed by atoms with Crippen LogP contribution in [-0.2, 0) is 44.2 Å². The van der Waals surface area contributed by atoms with E-state index in [0.717, 1.165) is 61.6 Å². The number of pyridine rings is 2. The fraction of sp³-hybridized carbons (Fsp3) is 0.340. The fourth-order valence-electron chi connectivity index (χ4n) is 7.47. The van der Waals surface area contributed by atoms with E-state index in [0.29, 0.717) is 5.92 Å². The number of rotatable bonds is 11. The van der Waals surface area contributed by atoms with E-state index in [1.54, 1.807) is 0 Å². The van der Waals surface area contributed by atoms with Crippen LogP contribution in [0.25, 0.3) is 53.7 Å². The monoisotopic (exact) mass is 900 g/mol. The molecule has 6 heteroatoms. The van der Waals surface area contributed by atoms with Gasteiger partial charge in [0.05, 0.1) is 5.76 Å². The van der Waals surface area contributed by atoms with Gasteiger partial charge in [0, 0.05) is 76.9 Å². The van der Waals surface area contributed by atoms with Crippen molar-refractivity contribution in [1.29, 1.82) is 0 Å². The Morgan fingerprint density at radius 1 is 0.849 bits per heavy atom. The molecule has 0 aliphatic heterocycles. The number of carbonyl (C=O) groups excluding carboxylic acids is 1. The molecule has 3 aromatic carbocycles. The summed E-state index contributed by atoms with van der Waals surface area (Å²) in [5.74, 6) is 1.16. The van der Waals surface area contributed by atoms with Gasteiger partial charge in [0.2, 0.25) is 0 Å². The molecule has 6 aromatic rings. The zero-order valence-electron chi connectivity index (χ0n) is 31.8. The van der Waals surface area contributed by atoms with Gasteiger partial charge in [0.15, 0.2) is 5.78 Å². The summed E-state index contributed by atoms with van der Waals surface area (Å²) < 4.78 is 1.25. The quantitative estimate of drug-likeness (QED) is 0.0799. The molecule has 0 unspecified atom stereocenters. The first-order valence-corrected chi connectivity index (χ1v) is 19.9. The molecule has 0 saturated heterocycles. The molecule has 0 atom stereocenters. The van der Waals surface area contributed by atoms with Crippen LogP contribution in [0.4, 0.5) is 0 Å². The first kappa shape index (κ1) is 40.2. The first-order chi connectivity index (χ1) is 25.3. The molecule has 0 amide bonds. The van der Waals surface area contributed by atoms with Gasteiger partial charge >= 0.3 is 0 Å². The molecule has 0 bridgehead atoms. The van der Waals surface area contributed by atoms with Gasteiger partial charge in [0.25, 0.3) is 0 Å². The Morgan fingerprint density at radius 3 is 2.25 bits per heavy atom. The van der Waals surface area contributed by atoms with E-state index >= 15 is 0 Å². The summed E-state index contributed by atoms with van der Waals surface area (Å²) in [6.07, 6.45) is 12.2. The van der Waals surface area contributed by atoms with Gasteiger partial charge in [0.1, 0.15) is 0 Å². The fourth-order valence-corrected chi connectivity index (χ4v) is 8.87. The number of nitrogens with zero attached hydrogens (tertiary/aromatic N) is 2. The summed E-state index contributed by atoms with van der Waals surface area (Å²) in [7, 11) is 0. The van der Waals surface area contributed by atoms with Crippen molar-refractivity contribution in [2.45, 2.75) is 86.5 Å². The van der Waals surface area contributed by atoms with Crippen molar-refractivity contribution in [2.75, 3.05) is 0 Å². The number of fused-ring (bicyclic) bond motifs is 6. The molecule has 3 heterocycles. The van der Waals surface area contributed by atoms with Crippen molar-refractivity contribution in [2.24, 2.45) is 17.8 Å². The molecule has 4 nitrogen and oxygen atoms in total. The summed E-state index contributed by atoms with van der Waals surface area (Å²) >= 11 is 1.87. The van der Waals surface area contributed by atoms with Crippen LogP contribution in [0.15, 0.2) is 97.0 Å². The first-order valence-electron chi connectivity index (χ1n) is 19.1. The second-order valence-electron chi connectivity index (χ2n) is 14.4. The molecule has 53 heavy (non-hydrogen) atoms. The van der Waals surface area contributed by atoms with Crippen LogP contribution in [0.5, 0.6) is 0 Å². The smallest absolute Gasteiger partial charge is 0.162 e. The maximum absolute atomic E-state index is 11.7. The number of hydrogen-bond acceptors (Lipinski definition) is 5. The van der Waals surface area contributed by atoms with Crippen molar-refractivity contribution in [3.8, 4) is 32.8 Å². The van der Waals surface area contributed by atoms with Crippen LogP contribution in [0.3, 0.4) is 0 Å². The zero-order valence-corrected chi connectivity index (χ0v) is 35.0. The molecule has 1 aliphatic carbocycles. The van der Waals surface area contributed by atoms with E-state index in [4.69, 9.17) is 9.97 Å². The van der Waals surface area contributed by atoms with E-state index in [2.05, 4.69) is 98.9 Å². The second kappa shape index (κ2) is 18.4. The normalized spacial score (nSPS) is 12.4. The van der Waals surface area contributed by atoms with E-state index in [1.165, 1.54) is 59.9 Å².